The van der Waals surface area contributed by atoms with Crippen molar-refractivity contribution < 1.29 is 14.6 Å². The molecule has 1 heterocycles. The van der Waals surface area contributed by atoms with Gasteiger partial charge in [-0.25, -0.2) is 4.79 Å². The highest BCUT2D eigenvalue weighted by atomic mass is 16.5. The second-order valence-corrected chi connectivity index (χ2v) is 8.33. The van der Waals surface area contributed by atoms with Crippen LogP contribution in [0, 0.1) is 0 Å². The van der Waals surface area contributed by atoms with Gasteiger partial charge < -0.3 is 19.6 Å². The van der Waals surface area contributed by atoms with Gasteiger partial charge in [-0.1, -0.05) is 6.92 Å². The number of aromatic nitrogens is 2. The quantitative estimate of drug-likeness (QED) is 0.674. The molecule has 1 aromatic carbocycles. The van der Waals surface area contributed by atoms with Gasteiger partial charge in [-0.2, -0.15) is 5.10 Å². The van der Waals surface area contributed by atoms with Gasteiger partial charge in [0.1, 0.15) is 0 Å². The molecule has 1 aliphatic rings. The minimum absolute atomic E-state index is 0.398. The first kappa shape index (κ1) is 22.6. The van der Waals surface area contributed by atoms with E-state index in [0.29, 0.717) is 24.1 Å². The maximum atomic E-state index is 12.0. The molecule has 1 fully saturated rings. The summed E-state index contributed by atoms with van der Waals surface area (Å²) in [5.41, 5.74) is 3.27. The minimum atomic E-state index is -0.865. The lowest BCUT2D eigenvalue weighted by Crippen LogP contribution is -2.44. The summed E-state index contributed by atoms with van der Waals surface area (Å²) in [4.78, 5) is 16.9. The zero-order valence-electron chi connectivity index (χ0n) is 19.0. The smallest absolute Gasteiger partial charge is 0.336 e. The normalized spacial score (nSPS) is 19.5. The van der Waals surface area contributed by atoms with Gasteiger partial charge in [0.25, 0.3) is 0 Å². The summed E-state index contributed by atoms with van der Waals surface area (Å²) < 4.78 is 7.01. The van der Waals surface area contributed by atoms with Gasteiger partial charge in [0, 0.05) is 44.7 Å². The lowest BCUT2D eigenvalue weighted by molar-refractivity contribution is 0.0696. The van der Waals surface area contributed by atoms with Crippen molar-refractivity contribution in [1.82, 2.24) is 14.7 Å². The molecule has 166 valence electrons. The maximum absolute atomic E-state index is 12.0. The largest absolute Gasteiger partial charge is 0.478 e. The summed E-state index contributed by atoms with van der Waals surface area (Å²) in [6, 6.07) is 2.78. The molecule has 2 aromatic rings. The molecule has 1 aromatic heterocycles. The fourth-order valence-electron chi connectivity index (χ4n) is 5.02. The first-order valence-corrected chi connectivity index (χ1v) is 11.1. The van der Waals surface area contributed by atoms with E-state index in [2.05, 4.69) is 28.9 Å². The van der Waals surface area contributed by atoms with E-state index in [1.807, 2.05) is 20.2 Å². The number of ether oxygens (including phenoxy) is 1. The molecule has 0 atom stereocenters. The molecule has 0 spiro atoms. The van der Waals surface area contributed by atoms with E-state index in [1.165, 1.54) is 0 Å². The number of likely N-dealkylation sites (N-methyl/N-ethyl adjacent to an activating group) is 1. The van der Waals surface area contributed by atoms with Crippen LogP contribution in [0.4, 0.5) is 5.69 Å². The predicted molar refractivity (Wildman–Crippen MR) is 121 cm³/mol. The third-order valence-corrected chi connectivity index (χ3v) is 6.72. The van der Waals surface area contributed by atoms with Gasteiger partial charge in [0.2, 0.25) is 0 Å². The number of hydrogen-bond acceptors (Lipinski definition) is 5. The second-order valence-electron chi connectivity index (χ2n) is 8.33. The Morgan fingerprint density at radius 1 is 1.27 bits per heavy atom. The number of benzene rings is 1. The lowest BCUT2D eigenvalue weighted by atomic mass is 9.88. The molecule has 1 saturated carbocycles. The summed E-state index contributed by atoms with van der Waals surface area (Å²) in [5, 5.41) is 15.4. The van der Waals surface area contributed by atoms with E-state index in [1.54, 1.807) is 17.9 Å². The van der Waals surface area contributed by atoms with Crippen molar-refractivity contribution in [3.8, 4) is 0 Å². The van der Waals surface area contributed by atoms with Crippen molar-refractivity contribution in [3.05, 3.63) is 23.4 Å². The monoisotopic (exact) mass is 416 g/mol. The zero-order valence-corrected chi connectivity index (χ0v) is 19.0. The van der Waals surface area contributed by atoms with Crippen molar-refractivity contribution in [2.24, 2.45) is 7.05 Å². The molecule has 3 rings (SSSR count). The van der Waals surface area contributed by atoms with E-state index in [9.17, 15) is 9.90 Å². The van der Waals surface area contributed by atoms with Gasteiger partial charge in [-0.05, 0) is 57.7 Å². The maximum Gasteiger partial charge on any atom is 0.336 e. The van der Waals surface area contributed by atoms with E-state index in [-0.39, 0.29) is 0 Å². The molecular formula is C23H36N4O3. The molecule has 0 aliphatic heterocycles. The SMILES string of the molecule is CCc1c(C(=O)O)cc2c(cnn2C)c1N(CC)C1CCC(N(C)CCOC)CC1. The van der Waals surface area contributed by atoms with Crippen LogP contribution in [0.15, 0.2) is 12.3 Å². The van der Waals surface area contributed by atoms with Crippen molar-refractivity contribution >= 4 is 22.6 Å². The summed E-state index contributed by atoms with van der Waals surface area (Å²) in [6.45, 7) is 6.79. The van der Waals surface area contributed by atoms with Gasteiger partial charge in [0.15, 0.2) is 0 Å². The number of carboxylic acid groups (broad SMARTS) is 1. The van der Waals surface area contributed by atoms with Gasteiger partial charge >= 0.3 is 5.97 Å². The molecule has 30 heavy (non-hydrogen) atoms. The van der Waals surface area contributed by atoms with Gasteiger partial charge in [-0.15, -0.1) is 0 Å². The van der Waals surface area contributed by atoms with Crippen LogP contribution in [-0.4, -0.2) is 71.7 Å². The highest BCUT2D eigenvalue weighted by Crippen LogP contribution is 2.38. The Kier molecular flexibility index (Phi) is 7.36. The molecule has 1 aliphatic carbocycles. The standard InChI is InChI=1S/C23H36N4O3/c1-6-18-19(23(28)29)14-21-20(15-24-26(21)4)22(18)27(7-2)17-10-8-16(9-11-17)25(3)12-13-30-5/h14-17H,6-13H2,1-5H3,(H,28,29). The molecule has 1 N–H and O–H groups in total. The highest BCUT2D eigenvalue weighted by molar-refractivity contribution is 6.02. The third-order valence-electron chi connectivity index (χ3n) is 6.72. The third kappa shape index (κ3) is 4.32. The van der Waals surface area contributed by atoms with Gasteiger partial charge in [-0.3, -0.25) is 4.68 Å². The number of methoxy groups -OCH3 is 1. The van der Waals surface area contributed by atoms with Crippen LogP contribution in [0.1, 0.15) is 55.5 Å². The fourth-order valence-corrected chi connectivity index (χ4v) is 5.02. The summed E-state index contributed by atoms with van der Waals surface area (Å²) >= 11 is 0. The Bertz CT molecular complexity index is 871. The predicted octanol–water partition coefficient (Wildman–Crippen LogP) is 3.55. The van der Waals surface area contributed by atoms with Crippen LogP contribution >= 0.6 is 0 Å². The molecule has 0 bridgehead atoms. The van der Waals surface area contributed by atoms with Gasteiger partial charge in [0.05, 0.1) is 29.6 Å². The number of anilines is 1. The van der Waals surface area contributed by atoms with Crippen molar-refractivity contribution in [2.45, 2.75) is 58.0 Å². The average molecular weight is 417 g/mol. The number of hydrogen-bond donors (Lipinski definition) is 1. The van der Waals surface area contributed by atoms with Crippen LogP contribution in [0.3, 0.4) is 0 Å². The Balaban J connectivity index is 1.93. The molecule has 7 heteroatoms. The molecule has 0 radical (unpaired) electrons. The summed E-state index contributed by atoms with van der Waals surface area (Å²) in [7, 11) is 5.81. The molecule has 0 amide bonds. The van der Waals surface area contributed by atoms with Crippen molar-refractivity contribution in [2.75, 3.05) is 38.8 Å². The zero-order chi connectivity index (χ0) is 21.8. The number of carbonyl (C=O) groups is 1. The van der Waals surface area contributed by atoms with E-state index >= 15 is 0 Å². The Morgan fingerprint density at radius 3 is 2.50 bits per heavy atom. The minimum Gasteiger partial charge on any atom is -0.478 e. The Morgan fingerprint density at radius 2 is 1.93 bits per heavy atom. The molecule has 0 unspecified atom stereocenters. The van der Waals surface area contributed by atoms with Crippen LogP contribution in [0.5, 0.6) is 0 Å². The van der Waals surface area contributed by atoms with Crippen molar-refractivity contribution in [3.63, 3.8) is 0 Å². The first-order chi connectivity index (χ1) is 14.4. The van der Waals surface area contributed by atoms with E-state index in [4.69, 9.17) is 4.74 Å². The number of fused-ring (bicyclic) bond motifs is 1. The highest BCUT2D eigenvalue weighted by Gasteiger charge is 2.30. The Labute approximate surface area is 179 Å². The topological polar surface area (TPSA) is 70.8 Å². The number of nitrogens with zero attached hydrogens (tertiary/aromatic N) is 4. The average Bonchev–Trinajstić information content (AvgIpc) is 3.13. The number of aryl methyl sites for hydroxylation is 1. The Hall–Kier alpha value is -2.12. The fraction of sp³-hybridized carbons (Fsp3) is 0.652. The number of aromatic carboxylic acids is 1. The molecule has 0 saturated heterocycles. The number of carboxylic acids is 1. The van der Waals surface area contributed by atoms with Crippen molar-refractivity contribution in [1.29, 1.82) is 0 Å². The van der Waals surface area contributed by atoms with Crippen LogP contribution in [0.2, 0.25) is 0 Å². The number of rotatable bonds is 9. The van der Waals surface area contributed by atoms with Crippen LogP contribution < -0.4 is 4.90 Å². The molecule has 7 nitrogen and oxygen atoms in total. The lowest BCUT2D eigenvalue weighted by Gasteiger charge is -2.41. The second kappa shape index (κ2) is 9.79. The molecular weight excluding hydrogens is 380 g/mol. The summed E-state index contributed by atoms with van der Waals surface area (Å²) in [5.74, 6) is -0.865. The summed E-state index contributed by atoms with van der Waals surface area (Å²) in [6.07, 6.45) is 7.10. The van der Waals surface area contributed by atoms with E-state index < -0.39 is 5.97 Å². The van der Waals surface area contributed by atoms with Crippen LogP contribution in [0.25, 0.3) is 10.9 Å². The van der Waals surface area contributed by atoms with E-state index in [0.717, 1.165) is 67.5 Å². The first-order valence-electron chi connectivity index (χ1n) is 11.1. The van der Waals surface area contributed by atoms with Crippen LogP contribution in [-0.2, 0) is 18.2 Å².